The van der Waals surface area contributed by atoms with Crippen LogP contribution in [0.1, 0.15) is 38.1 Å². The van der Waals surface area contributed by atoms with Crippen LogP contribution in [0.5, 0.6) is 5.75 Å². The van der Waals surface area contributed by atoms with Gasteiger partial charge in [0, 0.05) is 18.3 Å². The van der Waals surface area contributed by atoms with Crippen LogP contribution in [0.2, 0.25) is 0 Å². The Morgan fingerprint density at radius 1 is 1.30 bits per heavy atom. The van der Waals surface area contributed by atoms with Gasteiger partial charge in [0.2, 0.25) is 0 Å². The van der Waals surface area contributed by atoms with Gasteiger partial charge in [-0.15, -0.1) is 0 Å². The smallest absolute Gasteiger partial charge is 0.253 e. The molecule has 110 valence electrons. The molecule has 0 unspecified atom stereocenters. The van der Waals surface area contributed by atoms with Crippen molar-refractivity contribution in [3.63, 3.8) is 0 Å². The second kappa shape index (κ2) is 4.69. The molecule has 1 aliphatic rings. The van der Waals surface area contributed by atoms with Gasteiger partial charge in [-0.2, -0.15) is 0 Å². The number of hydrogen-bond acceptors (Lipinski definition) is 3. The Bertz CT molecular complexity index is 521. The van der Waals surface area contributed by atoms with Crippen molar-refractivity contribution in [1.82, 2.24) is 5.32 Å². The van der Waals surface area contributed by atoms with E-state index in [2.05, 4.69) is 33.0 Å². The standard InChI is InChI=1S/C16H24N2O2/c1-15(2)13(16(15,3)4)9-18-14(19)11-7-6-10(20-5)8-12(11)17/h6-8,13H,9,17H2,1-5H3,(H,18,19). The summed E-state index contributed by atoms with van der Waals surface area (Å²) in [5.41, 5.74) is 7.37. The van der Waals surface area contributed by atoms with E-state index in [1.807, 2.05) is 0 Å². The van der Waals surface area contributed by atoms with E-state index in [0.717, 1.165) is 0 Å². The maximum atomic E-state index is 12.2. The Morgan fingerprint density at radius 2 is 1.90 bits per heavy atom. The molecule has 1 amide bonds. The van der Waals surface area contributed by atoms with Crippen LogP contribution >= 0.6 is 0 Å². The van der Waals surface area contributed by atoms with E-state index < -0.39 is 0 Å². The largest absolute Gasteiger partial charge is 0.497 e. The van der Waals surface area contributed by atoms with Gasteiger partial charge in [-0.3, -0.25) is 4.79 Å². The minimum atomic E-state index is -0.122. The number of rotatable bonds is 4. The first-order valence-electron chi connectivity index (χ1n) is 6.93. The molecule has 0 aromatic heterocycles. The summed E-state index contributed by atoms with van der Waals surface area (Å²) >= 11 is 0. The van der Waals surface area contributed by atoms with Crippen molar-refractivity contribution in [2.24, 2.45) is 16.7 Å². The Labute approximate surface area is 120 Å². The third-order valence-electron chi connectivity index (χ3n) is 5.29. The molecule has 1 fully saturated rings. The normalized spacial score (nSPS) is 19.4. The van der Waals surface area contributed by atoms with Crippen molar-refractivity contribution < 1.29 is 9.53 Å². The number of anilines is 1. The fraction of sp³-hybridized carbons (Fsp3) is 0.562. The highest BCUT2D eigenvalue weighted by Crippen LogP contribution is 2.67. The molecule has 0 aliphatic heterocycles. The van der Waals surface area contributed by atoms with Gasteiger partial charge in [0.05, 0.1) is 12.7 Å². The van der Waals surface area contributed by atoms with E-state index in [0.29, 0.717) is 29.5 Å². The maximum Gasteiger partial charge on any atom is 0.253 e. The molecule has 0 radical (unpaired) electrons. The van der Waals surface area contributed by atoms with E-state index in [9.17, 15) is 4.79 Å². The highest BCUT2D eigenvalue weighted by atomic mass is 16.5. The molecule has 0 atom stereocenters. The Hall–Kier alpha value is -1.71. The number of carbonyl (C=O) groups excluding carboxylic acids is 1. The average Bonchev–Trinajstić information content (AvgIpc) is 2.76. The Morgan fingerprint density at radius 3 is 2.35 bits per heavy atom. The molecule has 4 nitrogen and oxygen atoms in total. The molecule has 0 heterocycles. The molecule has 20 heavy (non-hydrogen) atoms. The number of nitrogens with one attached hydrogen (secondary N) is 1. The SMILES string of the molecule is COc1ccc(C(=O)NCC2C(C)(C)C2(C)C)c(N)c1. The molecule has 1 aliphatic carbocycles. The van der Waals surface area contributed by atoms with Gasteiger partial charge >= 0.3 is 0 Å². The predicted octanol–water partition coefficient (Wildman–Crippen LogP) is 2.69. The third-order valence-corrected chi connectivity index (χ3v) is 5.29. The first-order valence-corrected chi connectivity index (χ1v) is 6.93. The number of methoxy groups -OCH3 is 1. The number of ether oxygens (including phenoxy) is 1. The van der Waals surface area contributed by atoms with Gasteiger partial charge in [0.1, 0.15) is 5.75 Å². The summed E-state index contributed by atoms with van der Waals surface area (Å²) in [5, 5.41) is 2.99. The number of hydrogen-bond donors (Lipinski definition) is 2. The van der Waals surface area contributed by atoms with Crippen molar-refractivity contribution in [2.45, 2.75) is 27.7 Å². The molecular weight excluding hydrogens is 252 g/mol. The van der Waals surface area contributed by atoms with Crippen molar-refractivity contribution in [3.05, 3.63) is 23.8 Å². The highest BCUT2D eigenvalue weighted by Gasteiger charge is 2.64. The van der Waals surface area contributed by atoms with Crippen molar-refractivity contribution >= 4 is 11.6 Å². The molecule has 0 saturated heterocycles. The minimum absolute atomic E-state index is 0.122. The summed E-state index contributed by atoms with van der Waals surface area (Å²) in [6.07, 6.45) is 0. The van der Waals surface area contributed by atoms with Gasteiger partial charge in [0.15, 0.2) is 0 Å². The van der Waals surface area contributed by atoms with Crippen LogP contribution in [0.4, 0.5) is 5.69 Å². The topological polar surface area (TPSA) is 64.3 Å². The lowest BCUT2D eigenvalue weighted by Crippen LogP contribution is -2.27. The molecular formula is C16H24N2O2. The minimum Gasteiger partial charge on any atom is -0.497 e. The van der Waals surface area contributed by atoms with Gasteiger partial charge in [-0.05, 0) is 28.9 Å². The monoisotopic (exact) mass is 276 g/mol. The van der Waals surface area contributed by atoms with Crippen LogP contribution in [-0.2, 0) is 0 Å². The van der Waals surface area contributed by atoms with Crippen molar-refractivity contribution in [3.8, 4) is 5.75 Å². The van der Waals surface area contributed by atoms with Crippen LogP contribution in [0.25, 0.3) is 0 Å². The van der Waals surface area contributed by atoms with Gasteiger partial charge in [-0.1, -0.05) is 27.7 Å². The second-order valence-electron chi connectivity index (χ2n) is 6.66. The average molecular weight is 276 g/mol. The number of nitrogen functional groups attached to an aromatic ring is 1. The zero-order valence-electron chi connectivity index (χ0n) is 12.9. The number of amides is 1. The van der Waals surface area contributed by atoms with Crippen LogP contribution < -0.4 is 15.8 Å². The molecule has 3 N–H and O–H groups in total. The van der Waals surface area contributed by atoms with E-state index in [4.69, 9.17) is 10.5 Å². The quantitative estimate of drug-likeness (QED) is 0.831. The second-order valence-corrected chi connectivity index (χ2v) is 6.66. The summed E-state index contributed by atoms with van der Waals surface area (Å²) in [6.45, 7) is 9.65. The lowest BCUT2D eigenvalue weighted by molar-refractivity contribution is 0.0951. The van der Waals surface area contributed by atoms with Gasteiger partial charge in [-0.25, -0.2) is 0 Å². The zero-order chi connectivity index (χ0) is 15.1. The van der Waals surface area contributed by atoms with Gasteiger partial charge in [0.25, 0.3) is 5.91 Å². The summed E-state index contributed by atoms with van der Waals surface area (Å²) in [6, 6.07) is 5.11. The summed E-state index contributed by atoms with van der Waals surface area (Å²) < 4.78 is 5.08. The van der Waals surface area contributed by atoms with Crippen LogP contribution in [0, 0.1) is 16.7 Å². The number of nitrogens with two attached hydrogens (primary N) is 1. The molecule has 1 saturated carbocycles. The fourth-order valence-electron chi connectivity index (χ4n) is 3.01. The fourth-order valence-corrected chi connectivity index (χ4v) is 3.01. The summed E-state index contributed by atoms with van der Waals surface area (Å²) in [7, 11) is 1.58. The summed E-state index contributed by atoms with van der Waals surface area (Å²) in [5.74, 6) is 1.03. The van der Waals surface area contributed by atoms with E-state index in [-0.39, 0.29) is 16.7 Å². The highest BCUT2D eigenvalue weighted by molar-refractivity contribution is 5.99. The van der Waals surface area contributed by atoms with E-state index >= 15 is 0 Å². The molecule has 4 heteroatoms. The number of carbonyl (C=O) groups is 1. The predicted molar refractivity (Wildman–Crippen MR) is 80.8 cm³/mol. The van der Waals surface area contributed by atoms with Crippen LogP contribution in [-0.4, -0.2) is 19.6 Å². The Balaban J connectivity index is 2.00. The summed E-state index contributed by atoms with van der Waals surface area (Å²) in [4.78, 5) is 12.2. The molecule has 1 aromatic carbocycles. The molecule has 1 aromatic rings. The van der Waals surface area contributed by atoms with Gasteiger partial charge < -0.3 is 15.8 Å². The molecule has 0 spiro atoms. The lowest BCUT2D eigenvalue weighted by Gasteiger charge is -2.09. The van der Waals surface area contributed by atoms with Crippen LogP contribution in [0.3, 0.4) is 0 Å². The third kappa shape index (κ3) is 2.23. The Kier molecular flexibility index (Phi) is 3.44. The zero-order valence-corrected chi connectivity index (χ0v) is 12.9. The lowest BCUT2D eigenvalue weighted by atomic mass is 10.0. The van der Waals surface area contributed by atoms with E-state index in [1.54, 1.807) is 25.3 Å². The van der Waals surface area contributed by atoms with Crippen LogP contribution in [0.15, 0.2) is 18.2 Å². The van der Waals surface area contributed by atoms with Crippen molar-refractivity contribution in [1.29, 1.82) is 0 Å². The van der Waals surface area contributed by atoms with E-state index in [1.165, 1.54) is 0 Å². The first kappa shape index (κ1) is 14.7. The number of benzene rings is 1. The van der Waals surface area contributed by atoms with Crippen molar-refractivity contribution in [2.75, 3.05) is 19.4 Å². The molecule has 2 rings (SSSR count). The maximum absolute atomic E-state index is 12.2. The molecule has 0 bridgehead atoms. The first-order chi connectivity index (χ1) is 9.21.